The van der Waals surface area contributed by atoms with Crippen molar-refractivity contribution in [3.8, 4) is 0 Å². The van der Waals surface area contributed by atoms with Crippen molar-refractivity contribution >= 4 is 17.7 Å². The summed E-state index contributed by atoms with van der Waals surface area (Å²) in [6, 6.07) is 8.04. The summed E-state index contributed by atoms with van der Waals surface area (Å²) in [7, 11) is 0. The average Bonchev–Trinajstić information content (AvgIpc) is 3.19. The van der Waals surface area contributed by atoms with Crippen LogP contribution in [0.3, 0.4) is 0 Å². The molecule has 3 aromatic rings. The maximum Gasteiger partial charge on any atom is 0.335 e. The summed E-state index contributed by atoms with van der Waals surface area (Å²) in [5.74, 6) is -3.11. The van der Waals surface area contributed by atoms with Crippen LogP contribution in [0.2, 0.25) is 0 Å². The minimum atomic E-state index is -1.08. The van der Waals surface area contributed by atoms with Crippen LogP contribution in [-0.2, 0) is 6.42 Å². The van der Waals surface area contributed by atoms with Crippen molar-refractivity contribution in [2.24, 2.45) is 0 Å². The molecule has 2 aromatic carbocycles. The van der Waals surface area contributed by atoms with Gasteiger partial charge in [0.15, 0.2) is 11.6 Å². The van der Waals surface area contributed by atoms with Crippen LogP contribution in [0.1, 0.15) is 33.4 Å². The van der Waals surface area contributed by atoms with Crippen molar-refractivity contribution in [2.75, 3.05) is 11.9 Å². The van der Waals surface area contributed by atoms with Crippen molar-refractivity contribution in [3.05, 3.63) is 82.9 Å². The number of aromatic amines is 1. The Hall–Kier alpha value is -3.75. The molecule has 0 bridgehead atoms. The summed E-state index contributed by atoms with van der Waals surface area (Å²) in [5.41, 5.74) is 1.69. The Balaban J connectivity index is 1.67. The van der Waals surface area contributed by atoms with Crippen LogP contribution in [0, 0.1) is 11.6 Å². The zero-order valence-electron chi connectivity index (χ0n) is 15.0. The normalized spacial score (nSPS) is 15.7. The number of H-pyrrole nitrogens is 1. The molecule has 1 aromatic heterocycles. The summed E-state index contributed by atoms with van der Waals surface area (Å²) in [5, 5.41) is 11.6. The van der Waals surface area contributed by atoms with Gasteiger partial charge < -0.3 is 20.3 Å². The van der Waals surface area contributed by atoms with E-state index >= 15 is 0 Å². The number of hydrogen-bond acceptors (Lipinski definition) is 3. The highest BCUT2D eigenvalue weighted by Crippen LogP contribution is 2.35. The van der Waals surface area contributed by atoms with Gasteiger partial charge in [-0.05, 0) is 30.3 Å². The Morgan fingerprint density at radius 3 is 2.66 bits per heavy atom. The molecule has 1 atom stereocenters. The molecule has 3 N–H and O–H groups in total. The van der Waals surface area contributed by atoms with Gasteiger partial charge in [-0.25, -0.2) is 23.4 Å². The van der Waals surface area contributed by atoms with Gasteiger partial charge >= 0.3 is 12.0 Å². The maximum atomic E-state index is 14.5. The summed E-state index contributed by atoms with van der Waals surface area (Å²) in [6.07, 6.45) is 1.94. The molecule has 0 saturated heterocycles. The number of fused-ring (bicyclic) bond motifs is 1. The molecule has 2 heterocycles. The standard InChI is InChI=1S/C20H16F2N4O3/c21-14-3-1-2-13(16(14)22)18-17-15(23-10-24-17)8-9-26(18)20(29)25-12-6-4-11(5-7-12)19(27)28/h1-7,10,18H,8-9H2,(H,23,24)(H,25,29)(H,27,28)/t18-/m0/s1. The van der Waals surface area contributed by atoms with Gasteiger partial charge in [0.1, 0.15) is 6.04 Å². The highest BCUT2D eigenvalue weighted by atomic mass is 19.2. The Bertz CT molecular complexity index is 1080. The zero-order valence-corrected chi connectivity index (χ0v) is 15.0. The molecule has 1 aliphatic heterocycles. The van der Waals surface area contributed by atoms with Gasteiger partial charge in [0.05, 0.1) is 17.6 Å². The fraction of sp³-hybridized carbons (Fsp3) is 0.150. The second-order valence-electron chi connectivity index (χ2n) is 6.57. The van der Waals surface area contributed by atoms with E-state index in [1.165, 1.54) is 47.6 Å². The molecule has 0 saturated carbocycles. The second-order valence-corrected chi connectivity index (χ2v) is 6.57. The number of aromatic carboxylic acids is 1. The number of carbonyl (C=O) groups excluding carboxylic acids is 1. The van der Waals surface area contributed by atoms with Crippen LogP contribution in [-0.4, -0.2) is 38.5 Å². The molecule has 148 valence electrons. The van der Waals surface area contributed by atoms with Crippen LogP contribution in [0.15, 0.2) is 48.8 Å². The molecule has 9 heteroatoms. The molecule has 4 rings (SSSR count). The number of rotatable bonds is 3. The number of imidazole rings is 1. The number of carboxylic acid groups (broad SMARTS) is 1. The lowest BCUT2D eigenvalue weighted by Crippen LogP contribution is -2.43. The number of anilines is 1. The minimum absolute atomic E-state index is 0.00873. The summed E-state index contributed by atoms with van der Waals surface area (Å²) >= 11 is 0. The Labute approximate surface area is 164 Å². The molecule has 0 radical (unpaired) electrons. The van der Waals surface area contributed by atoms with E-state index < -0.39 is 29.7 Å². The van der Waals surface area contributed by atoms with E-state index in [9.17, 15) is 18.4 Å². The first-order valence-corrected chi connectivity index (χ1v) is 8.82. The first-order chi connectivity index (χ1) is 14.0. The van der Waals surface area contributed by atoms with E-state index in [4.69, 9.17) is 5.11 Å². The number of nitrogens with zero attached hydrogens (tertiary/aromatic N) is 2. The third-order valence-corrected chi connectivity index (χ3v) is 4.85. The smallest absolute Gasteiger partial charge is 0.335 e. The fourth-order valence-corrected chi connectivity index (χ4v) is 3.43. The maximum absolute atomic E-state index is 14.5. The van der Waals surface area contributed by atoms with Gasteiger partial charge in [-0.1, -0.05) is 12.1 Å². The summed E-state index contributed by atoms with van der Waals surface area (Å²) < 4.78 is 28.4. The predicted octanol–water partition coefficient (Wildman–Crippen LogP) is 3.57. The van der Waals surface area contributed by atoms with Gasteiger partial charge in [0, 0.05) is 29.9 Å². The van der Waals surface area contributed by atoms with Crippen LogP contribution in [0.5, 0.6) is 0 Å². The van der Waals surface area contributed by atoms with Crippen molar-refractivity contribution in [2.45, 2.75) is 12.5 Å². The molecular formula is C20H16F2N4O3. The molecule has 0 aliphatic carbocycles. The number of carboxylic acids is 1. The van der Waals surface area contributed by atoms with E-state index in [1.807, 2.05) is 0 Å². The van der Waals surface area contributed by atoms with E-state index in [0.29, 0.717) is 17.8 Å². The number of nitrogens with one attached hydrogen (secondary N) is 2. The highest BCUT2D eigenvalue weighted by Gasteiger charge is 2.36. The number of amides is 2. The monoisotopic (exact) mass is 398 g/mol. The van der Waals surface area contributed by atoms with Crippen LogP contribution in [0.25, 0.3) is 0 Å². The van der Waals surface area contributed by atoms with Gasteiger partial charge in [-0.2, -0.15) is 0 Å². The molecule has 0 fully saturated rings. The number of carbonyl (C=O) groups is 2. The summed E-state index contributed by atoms with van der Waals surface area (Å²) in [6.45, 7) is 0.259. The Kier molecular flexibility index (Phi) is 4.71. The molecule has 0 spiro atoms. The van der Waals surface area contributed by atoms with E-state index in [1.54, 1.807) is 0 Å². The molecule has 29 heavy (non-hydrogen) atoms. The van der Waals surface area contributed by atoms with Crippen molar-refractivity contribution < 1.29 is 23.5 Å². The van der Waals surface area contributed by atoms with Crippen LogP contribution < -0.4 is 5.32 Å². The second kappa shape index (κ2) is 7.34. The van der Waals surface area contributed by atoms with Gasteiger partial charge in [-0.15, -0.1) is 0 Å². The van der Waals surface area contributed by atoms with Crippen molar-refractivity contribution in [1.29, 1.82) is 0 Å². The minimum Gasteiger partial charge on any atom is -0.478 e. The fourth-order valence-electron chi connectivity index (χ4n) is 3.43. The van der Waals surface area contributed by atoms with Gasteiger partial charge in [0.25, 0.3) is 0 Å². The topological polar surface area (TPSA) is 98.3 Å². The summed E-state index contributed by atoms with van der Waals surface area (Å²) in [4.78, 5) is 32.5. The molecule has 7 nitrogen and oxygen atoms in total. The van der Waals surface area contributed by atoms with Crippen LogP contribution >= 0.6 is 0 Å². The van der Waals surface area contributed by atoms with Crippen LogP contribution in [0.4, 0.5) is 19.3 Å². The predicted molar refractivity (Wildman–Crippen MR) is 99.6 cm³/mol. The highest BCUT2D eigenvalue weighted by molar-refractivity contribution is 5.92. The molecular weight excluding hydrogens is 382 g/mol. The largest absolute Gasteiger partial charge is 0.478 e. The lowest BCUT2D eigenvalue weighted by atomic mass is 9.95. The van der Waals surface area contributed by atoms with Crippen molar-refractivity contribution in [1.82, 2.24) is 14.9 Å². The number of urea groups is 1. The van der Waals surface area contributed by atoms with Gasteiger partial charge in [0.2, 0.25) is 0 Å². The lowest BCUT2D eigenvalue weighted by Gasteiger charge is -2.35. The van der Waals surface area contributed by atoms with Gasteiger partial charge in [-0.3, -0.25) is 0 Å². The first-order valence-electron chi connectivity index (χ1n) is 8.82. The third-order valence-electron chi connectivity index (χ3n) is 4.85. The Morgan fingerprint density at radius 1 is 1.17 bits per heavy atom. The lowest BCUT2D eigenvalue weighted by molar-refractivity contribution is 0.0697. The number of hydrogen-bond donors (Lipinski definition) is 3. The molecule has 1 aliphatic rings. The first kappa shape index (κ1) is 18.6. The quantitative estimate of drug-likeness (QED) is 0.628. The van der Waals surface area contributed by atoms with E-state index in [0.717, 1.165) is 11.8 Å². The molecule has 0 unspecified atom stereocenters. The number of halogens is 2. The number of aromatic nitrogens is 2. The SMILES string of the molecule is O=C(O)c1ccc(NC(=O)N2CCc3[nH]cnc3[C@@H]2c2cccc(F)c2F)cc1. The third kappa shape index (κ3) is 3.42. The Morgan fingerprint density at radius 2 is 1.93 bits per heavy atom. The molecule has 2 amide bonds. The van der Waals surface area contributed by atoms with E-state index in [-0.39, 0.29) is 17.7 Å². The number of benzene rings is 2. The van der Waals surface area contributed by atoms with Crippen molar-refractivity contribution in [3.63, 3.8) is 0 Å². The van der Waals surface area contributed by atoms with E-state index in [2.05, 4.69) is 15.3 Å². The average molecular weight is 398 g/mol. The zero-order chi connectivity index (χ0) is 20.5.